The number of nitrogens with zero attached hydrogens (tertiary/aromatic N) is 2. The van der Waals surface area contributed by atoms with Crippen LogP contribution < -0.4 is 11.5 Å². The Bertz CT molecular complexity index is 1060. The molecular formula is C15H12N4O3. The maximum atomic E-state index is 11.2. The van der Waals surface area contributed by atoms with Crippen LogP contribution in [0.25, 0.3) is 28.0 Å². The second-order valence-electron chi connectivity index (χ2n) is 4.99. The Hall–Kier alpha value is -3.06. The van der Waals surface area contributed by atoms with Crippen molar-refractivity contribution in [2.75, 3.05) is 5.73 Å². The lowest BCUT2D eigenvalue weighted by Crippen LogP contribution is -1.94. The lowest BCUT2D eigenvalue weighted by molar-refractivity contribution is 0.282. The van der Waals surface area contributed by atoms with Gasteiger partial charge in [-0.05, 0) is 29.8 Å². The zero-order valence-electron chi connectivity index (χ0n) is 11.4. The van der Waals surface area contributed by atoms with Crippen LogP contribution in [-0.2, 0) is 6.61 Å². The number of pyridine rings is 1. The van der Waals surface area contributed by atoms with Crippen molar-refractivity contribution in [1.29, 1.82) is 0 Å². The highest BCUT2D eigenvalue weighted by molar-refractivity contribution is 5.83. The highest BCUT2D eigenvalue weighted by Crippen LogP contribution is 2.28. The van der Waals surface area contributed by atoms with Gasteiger partial charge in [0.25, 0.3) is 0 Å². The van der Waals surface area contributed by atoms with Crippen molar-refractivity contribution in [1.82, 2.24) is 14.4 Å². The zero-order valence-corrected chi connectivity index (χ0v) is 11.4. The van der Waals surface area contributed by atoms with Crippen molar-refractivity contribution < 1.29 is 9.52 Å². The summed E-state index contributed by atoms with van der Waals surface area (Å²) in [6.07, 6.45) is 1.77. The number of nitrogens with two attached hydrogens (primary N) is 1. The van der Waals surface area contributed by atoms with Crippen LogP contribution in [0.5, 0.6) is 0 Å². The van der Waals surface area contributed by atoms with Crippen LogP contribution in [0.4, 0.5) is 5.82 Å². The molecule has 0 saturated heterocycles. The Kier molecular flexibility index (Phi) is 2.57. The van der Waals surface area contributed by atoms with Crippen LogP contribution in [0, 0.1) is 0 Å². The van der Waals surface area contributed by atoms with Gasteiger partial charge in [0.15, 0.2) is 5.58 Å². The number of nitrogen functional groups attached to an aromatic ring is 1. The van der Waals surface area contributed by atoms with Gasteiger partial charge in [0.1, 0.15) is 17.2 Å². The molecule has 0 aliphatic rings. The molecule has 0 bridgehead atoms. The predicted octanol–water partition coefficient (Wildman–Crippen LogP) is 1.51. The second-order valence-corrected chi connectivity index (χ2v) is 4.99. The smallest absolute Gasteiger partial charge is 0.408 e. The molecule has 0 atom stereocenters. The average Bonchev–Trinajstić information content (AvgIpc) is 3.05. The predicted molar refractivity (Wildman–Crippen MR) is 81.4 cm³/mol. The first kappa shape index (κ1) is 12.7. The number of nitrogens with one attached hydrogen (secondary N) is 1. The lowest BCUT2D eigenvalue weighted by atomic mass is 10.1. The van der Waals surface area contributed by atoms with Gasteiger partial charge >= 0.3 is 5.76 Å². The molecular weight excluding hydrogens is 284 g/mol. The van der Waals surface area contributed by atoms with Crippen molar-refractivity contribution >= 4 is 22.6 Å². The summed E-state index contributed by atoms with van der Waals surface area (Å²) in [5.41, 5.74) is 9.99. The van der Waals surface area contributed by atoms with Gasteiger partial charge in [-0.2, -0.15) is 0 Å². The quantitative estimate of drug-likeness (QED) is 0.519. The number of hydrogen-bond acceptors (Lipinski definition) is 5. The van der Waals surface area contributed by atoms with Crippen LogP contribution in [0.15, 0.2) is 45.7 Å². The van der Waals surface area contributed by atoms with Crippen molar-refractivity contribution in [2.24, 2.45) is 0 Å². The molecule has 0 aliphatic carbocycles. The third kappa shape index (κ3) is 1.80. The number of fused-ring (bicyclic) bond motifs is 2. The molecule has 3 aromatic heterocycles. The highest BCUT2D eigenvalue weighted by Gasteiger charge is 2.13. The standard InChI is InChI=1S/C15H12N4O3/c16-14-13(18-12-5-8(7-20)3-4-19(12)14)9-1-2-10-11(6-9)22-15(21)17-10/h1-6,20H,7,16H2,(H,17,21). The third-order valence-corrected chi connectivity index (χ3v) is 3.60. The minimum absolute atomic E-state index is 0.0565. The first-order valence-electron chi connectivity index (χ1n) is 6.66. The van der Waals surface area contributed by atoms with E-state index in [1.807, 2.05) is 6.07 Å². The highest BCUT2D eigenvalue weighted by atomic mass is 16.4. The zero-order chi connectivity index (χ0) is 15.3. The number of hydrogen-bond donors (Lipinski definition) is 3. The molecule has 0 fully saturated rings. The summed E-state index contributed by atoms with van der Waals surface area (Å²) >= 11 is 0. The number of oxazole rings is 1. The fourth-order valence-electron chi connectivity index (χ4n) is 2.51. The second kappa shape index (κ2) is 4.47. The molecule has 3 heterocycles. The van der Waals surface area contributed by atoms with E-state index in [1.165, 1.54) is 0 Å². The number of rotatable bonds is 2. The minimum Gasteiger partial charge on any atom is -0.408 e. The van der Waals surface area contributed by atoms with Gasteiger partial charge in [0.2, 0.25) is 0 Å². The van der Waals surface area contributed by atoms with Crippen molar-refractivity contribution in [3.05, 3.63) is 52.6 Å². The summed E-state index contributed by atoms with van der Waals surface area (Å²) in [6, 6.07) is 8.84. The molecule has 7 heteroatoms. The number of aromatic nitrogens is 3. The van der Waals surface area contributed by atoms with E-state index in [2.05, 4.69) is 9.97 Å². The van der Waals surface area contributed by atoms with Crippen LogP contribution in [0.1, 0.15) is 5.56 Å². The van der Waals surface area contributed by atoms with Crippen molar-refractivity contribution in [3.8, 4) is 11.3 Å². The number of anilines is 1. The molecule has 0 amide bonds. The largest absolute Gasteiger partial charge is 0.417 e. The maximum Gasteiger partial charge on any atom is 0.417 e. The van der Waals surface area contributed by atoms with Crippen LogP contribution >= 0.6 is 0 Å². The molecule has 0 aliphatic heterocycles. The van der Waals surface area contributed by atoms with Gasteiger partial charge in [-0.3, -0.25) is 9.38 Å². The topological polar surface area (TPSA) is 110 Å². The Morgan fingerprint density at radius 3 is 3.00 bits per heavy atom. The third-order valence-electron chi connectivity index (χ3n) is 3.60. The Labute approximate surface area is 123 Å². The number of benzene rings is 1. The monoisotopic (exact) mass is 296 g/mol. The Morgan fingerprint density at radius 1 is 1.32 bits per heavy atom. The van der Waals surface area contributed by atoms with E-state index < -0.39 is 5.76 Å². The summed E-state index contributed by atoms with van der Waals surface area (Å²) in [4.78, 5) is 18.3. The van der Waals surface area contributed by atoms with Gasteiger partial charge in [0.05, 0.1) is 12.1 Å². The Morgan fingerprint density at radius 2 is 2.18 bits per heavy atom. The fraction of sp³-hybridized carbons (Fsp3) is 0.0667. The van der Waals surface area contributed by atoms with E-state index in [9.17, 15) is 9.90 Å². The van der Waals surface area contributed by atoms with E-state index in [1.54, 1.807) is 34.9 Å². The molecule has 0 spiro atoms. The summed E-state index contributed by atoms with van der Waals surface area (Å²) < 4.78 is 6.80. The number of aliphatic hydroxyl groups is 1. The van der Waals surface area contributed by atoms with Gasteiger partial charge in [-0.1, -0.05) is 6.07 Å². The van der Waals surface area contributed by atoms with Crippen LogP contribution in [-0.4, -0.2) is 19.5 Å². The van der Waals surface area contributed by atoms with E-state index in [4.69, 9.17) is 10.2 Å². The number of H-pyrrole nitrogens is 1. The molecule has 22 heavy (non-hydrogen) atoms. The van der Waals surface area contributed by atoms with Crippen molar-refractivity contribution in [2.45, 2.75) is 6.61 Å². The Balaban J connectivity index is 1.94. The summed E-state index contributed by atoms with van der Waals surface area (Å²) in [6.45, 7) is -0.0565. The summed E-state index contributed by atoms with van der Waals surface area (Å²) in [5, 5.41) is 9.20. The first-order valence-corrected chi connectivity index (χ1v) is 6.66. The molecule has 110 valence electrons. The first-order chi connectivity index (χ1) is 10.7. The normalized spacial score (nSPS) is 11.5. The molecule has 0 unspecified atom stereocenters. The van der Waals surface area contributed by atoms with Crippen molar-refractivity contribution in [3.63, 3.8) is 0 Å². The molecule has 4 aromatic rings. The SMILES string of the molecule is Nc1c(-c2ccc3[nH]c(=O)oc3c2)nc2cc(CO)ccn12. The lowest BCUT2D eigenvalue weighted by Gasteiger charge is -2.00. The molecule has 0 saturated carbocycles. The molecule has 0 radical (unpaired) electrons. The maximum absolute atomic E-state index is 11.2. The van der Waals surface area contributed by atoms with E-state index in [0.29, 0.717) is 28.3 Å². The molecule has 1 aromatic carbocycles. The average molecular weight is 296 g/mol. The number of aliphatic hydroxyl groups excluding tert-OH is 1. The number of aromatic amines is 1. The van der Waals surface area contributed by atoms with Crippen LogP contribution in [0.2, 0.25) is 0 Å². The van der Waals surface area contributed by atoms with E-state index in [0.717, 1.165) is 11.1 Å². The summed E-state index contributed by atoms with van der Waals surface area (Å²) in [5.74, 6) is -0.0144. The van der Waals surface area contributed by atoms with Gasteiger partial charge < -0.3 is 15.3 Å². The fourth-order valence-corrected chi connectivity index (χ4v) is 2.51. The minimum atomic E-state index is -0.497. The molecule has 4 rings (SSSR count). The van der Waals surface area contributed by atoms with E-state index in [-0.39, 0.29) is 6.61 Å². The van der Waals surface area contributed by atoms with Crippen LogP contribution in [0.3, 0.4) is 0 Å². The van der Waals surface area contributed by atoms with Gasteiger partial charge in [-0.25, -0.2) is 9.78 Å². The van der Waals surface area contributed by atoms with E-state index >= 15 is 0 Å². The summed E-state index contributed by atoms with van der Waals surface area (Å²) in [7, 11) is 0. The van der Waals surface area contributed by atoms with Gasteiger partial charge in [0, 0.05) is 11.8 Å². The van der Waals surface area contributed by atoms with Gasteiger partial charge in [-0.15, -0.1) is 0 Å². The molecule has 4 N–H and O–H groups in total. The molecule has 7 nitrogen and oxygen atoms in total. The number of imidazole rings is 1.